The van der Waals surface area contributed by atoms with Gasteiger partial charge in [-0.05, 0) is 46.8 Å². The van der Waals surface area contributed by atoms with E-state index in [4.69, 9.17) is 26.0 Å². The quantitative estimate of drug-likeness (QED) is 0.271. The van der Waals surface area contributed by atoms with Gasteiger partial charge in [-0.2, -0.15) is 0 Å². The van der Waals surface area contributed by atoms with Gasteiger partial charge >= 0.3 is 12.1 Å². The molecule has 0 aliphatic rings. The Morgan fingerprint density at radius 1 is 1.22 bits per heavy atom. The van der Waals surface area contributed by atoms with E-state index in [9.17, 15) is 14.4 Å². The molecule has 10 nitrogen and oxygen atoms in total. The molecular formula is C22H35N5O5. The van der Waals surface area contributed by atoms with E-state index in [1.165, 1.54) is 12.0 Å². The van der Waals surface area contributed by atoms with Gasteiger partial charge in [0.25, 0.3) is 5.91 Å². The van der Waals surface area contributed by atoms with Gasteiger partial charge in [0.05, 0.1) is 19.1 Å². The van der Waals surface area contributed by atoms with Gasteiger partial charge in [0.2, 0.25) is 0 Å². The molecule has 2 amide bonds. The van der Waals surface area contributed by atoms with Crippen LogP contribution >= 0.6 is 0 Å². The summed E-state index contributed by atoms with van der Waals surface area (Å²) in [7, 11) is 1.30. The Morgan fingerprint density at radius 3 is 2.31 bits per heavy atom. The van der Waals surface area contributed by atoms with Crippen molar-refractivity contribution < 1.29 is 23.9 Å². The van der Waals surface area contributed by atoms with Crippen LogP contribution in [0.25, 0.3) is 0 Å². The van der Waals surface area contributed by atoms with Crippen LogP contribution in [0.5, 0.6) is 0 Å². The number of rotatable bonds is 8. The second kappa shape index (κ2) is 13.8. The fourth-order valence-electron chi connectivity index (χ4n) is 2.56. The minimum absolute atomic E-state index is 0.0282. The summed E-state index contributed by atoms with van der Waals surface area (Å²) in [6.45, 7) is 9.25. The van der Waals surface area contributed by atoms with Crippen LogP contribution in [-0.4, -0.2) is 67.1 Å². The van der Waals surface area contributed by atoms with Crippen LogP contribution in [0.2, 0.25) is 0 Å². The van der Waals surface area contributed by atoms with E-state index in [0.717, 1.165) is 18.0 Å². The summed E-state index contributed by atoms with van der Waals surface area (Å²) in [5, 5.41) is 14.8. The molecule has 0 saturated carbocycles. The highest BCUT2D eigenvalue weighted by atomic mass is 16.6. The monoisotopic (exact) mass is 449 g/mol. The zero-order valence-corrected chi connectivity index (χ0v) is 19.7. The Bertz CT molecular complexity index is 798. The largest absolute Gasteiger partial charge is 0.469 e. The number of benzene rings is 1. The fraction of sp³-hybridized carbons (Fsp3) is 0.500. The zero-order valence-electron chi connectivity index (χ0n) is 19.7. The smallest absolute Gasteiger partial charge is 0.407 e. The summed E-state index contributed by atoms with van der Waals surface area (Å²) in [6.07, 6.45) is 1.29. The molecule has 1 aromatic rings. The lowest BCUT2D eigenvalue weighted by molar-refractivity contribution is -0.141. The maximum Gasteiger partial charge on any atom is 0.407 e. The van der Waals surface area contributed by atoms with Crippen molar-refractivity contribution in [1.29, 1.82) is 10.8 Å². The number of aryl methyl sites for hydroxylation is 1. The standard InChI is InChI=1S/C20H31N3O5.C2H4N2/c1-13-7-8-16(21)15(11-13)18(25)23(14(2)12-17(24)27-6)10-9-22-19(26)28-20(3,4)5;3-1-2-4/h7-8,11,14H,9-10,12,21H2,1-6H3,(H,22,26);1-4H. The first-order valence-electron chi connectivity index (χ1n) is 10.1. The summed E-state index contributed by atoms with van der Waals surface area (Å²) in [5.74, 6) is -0.744. The van der Waals surface area contributed by atoms with E-state index >= 15 is 0 Å². The van der Waals surface area contributed by atoms with E-state index in [-0.39, 0.29) is 25.4 Å². The molecule has 0 spiro atoms. The number of nitrogens with zero attached hydrogens (tertiary/aromatic N) is 1. The van der Waals surface area contributed by atoms with Crippen LogP contribution in [0.15, 0.2) is 18.2 Å². The third-order valence-electron chi connectivity index (χ3n) is 4.03. The molecule has 1 rings (SSSR count). The highest BCUT2D eigenvalue weighted by Crippen LogP contribution is 2.18. The molecule has 5 N–H and O–H groups in total. The molecule has 0 radical (unpaired) electrons. The number of esters is 1. The summed E-state index contributed by atoms with van der Waals surface area (Å²) in [4.78, 5) is 38.1. The molecule has 1 atom stereocenters. The van der Waals surface area contributed by atoms with Crippen molar-refractivity contribution in [3.8, 4) is 0 Å². The van der Waals surface area contributed by atoms with Gasteiger partial charge in [-0.25, -0.2) is 4.79 Å². The number of alkyl carbamates (subject to hydrolysis) is 1. The molecule has 32 heavy (non-hydrogen) atoms. The van der Waals surface area contributed by atoms with Gasteiger partial charge in [-0.3, -0.25) is 9.59 Å². The number of ether oxygens (including phenoxy) is 2. The minimum Gasteiger partial charge on any atom is -0.469 e. The van der Waals surface area contributed by atoms with Crippen LogP contribution < -0.4 is 11.1 Å². The van der Waals surface area contributed by atoms with Crippen molar-refractivity contribution in [1.82, 2.24) is 10.2 Å². The molecule has 0 aromatic heterocycles. The van der Waals surface area contributed by atoms with Crippen molar-refractivity contribution in [2.75, 3.05) is 25.9 Å². The van der Waals surface area contributed by atoms with Crippen molar-refractivity contribution in [2.24, 2.45) is 0 Å². The van der Waals surface area contributed by atoms with Crippen molar-refractivity contribution in [3.63, 3.8) is 0 Å². The van der Waals surface area contributed by atoms with Crippen LogP contribution in [0.4, 0.5) is 10.5 Å². The maximum absolute atomic E-state index is 13.1. The zero-order chi connectivity index (χ0) is 24.9. The van der Waals surface area contributed by atoms with E-state index in [1.807, 2.05) is 13.0 Å². The topological polar surface area (TPSA) is 159 Å². The average Bonchev–Trinajstić information content (AvgIpc) is 2.71. The number of amides is 2. The van der Waals surface area contributed by atoms with E-state index < -0.39 is 23.7 Å². The fourth-order valence-corrected chi connectivity index (χ4v) is 2.56. The maximum atomic E-state index is 13.1. The lowest BCUT2D eigenvalue weighted by Crippen LogP contribution is -2.45. The molecule has 0 bridgehead atoms. The predicted octanol–water partition coefficient (Wildman–Crippen LogP) is 2.78. The molecule has 0 heterocycles. The lowest BCUT2D eigenvalue weighted by atomic mass is 10.1. The number of hydrogen-bond donors (Lipinski definition) is 4. The Hall–Kier alpha value is -3.43. The van der Waals surface area contributed by atoms with E-state index in [0.29, 0.717) is 11.3 Å². The van der Waals surface area contributed by atoms with Gasteiger partial charge in [0.1, 0.15) is 5.60 Å². The molecule has 1 unspecified atom stereocenters. The molecule has 10 heteroatoms. The third kappa shape index (κ3) is 11.1. The molecule has 0 aliphatic heterocycles. The number of nitrogens with one attached hydrogen (secondary N) is 3. The molecule has 0 fully saturated rings. The number of methoxy groups -OCH3 is 1. The van der Waals surface area contributed by atoms with Crippen LogP contribution in [0.1, 0.15) is 50.0 Å². The Kier molecular flexibility index (Phi) is 12.3. The molecule has 178 valence electrons. The average molecular weight is 450 g/mol. The highest BCUT2D eigenvalue weighted by molar-refractivity contribution is 6.12. The summed E-state index contributed by atoms with van der Waals surface area (Å²) in [5.41, 5.74) is 6.96. The van der Waals surface area contributed by atoms with Gasteiger partial charge in [0, 0.05) is 37.2 Å². The summed E-state index contributed by atoms with van der Waals surface area (Å²) in [6, 6.07) is 4.75. The second-order valence-corrected chi connectivity index (χ2v) is 7.98. The first kappa shape index (κ1) is 28.6. The second-order valence-electron chi connectivity index (χ2n) is 7.98. The Labute approximate surface area is 189 Å². The number of nitrogen functional groups attached to an aromatic ring is 1. The van der Waals surface area contributed by atoms with Crippen molar-refractivity contribution in [3.05, 3.63) is 29.3 Å². The lowest BCUT2D eigenvalue weighted by Gasteiger charge is -2.29. The minimum atomic E-state index is -0.617. The van der Waals surface area contributed by atoms with Crippen LogP contribution in [0.3, 0.4) is 0 Å². The Balaban J connectivity index is 0.00000220. The highest BCUT2D eigenvalue weighted by Gasteiger charge is 2.25. The first-order chi connectivity index (χ1) is 14.9. The van der Waals surface area contributed by atoms with Crippen LogP contribution in [-0.2, 0) is 14.3 Å². The Morgan fingerprint density at radius 2 is 1.81 bits per heavy atom. The van der Waals surface area contributed by atoms with Crippen LogP contribution in [0, 0.1) is 17.7 Å². The van der Waals surface area contributed by atoms with E-state index in [1.54, 1.807) is 39.8 Å². The number of carbonyl (C=O) groups excluding carboxylic acids is 3. The molecule has 1 aromatic carbocycles. The molecular weight excluding hydrogens is 414 g/mol. The normalized spacial score (nSPS) is 11.2. The van der Waals surface area contributed by atoms with Gasteiger partial charge in [-0.15, -0.1) is 0 Å². The summed E-state index contributed by atoms with van der Waals surface area (Å²) < 4.78 is 9.90. The predicted molar refractivity (Wildman–Crippen MR) is 125 cm³/mol. The van der Waals surface area contributed by atoms with Gasteiger partial charge in [0.15, 0.2) is 0 Å². The number of hydrogen-bond acceptors (Lipinski definition) is 8. The number of nitrogens with two attached hydrogens (primary N) is 1. The van der Waals surface area contributed by atoms with Gasteiger partial charge < -0.3 is 36.2 Å². The SMILES string of the molecule is COC(=O)CC(C)N(CCNC(=O)OC(C)(C)C)C(=O)c1cc(C)ccc1N.N=CC=N. The third-order valence-corrected chi connectivity index (χ3v) is 4.03. The first-order valence-corrected chi connectivity index (χ1v) is 10.1. The number of carbonyl (C=O) groups is 3. The molecule has 0 aliphatic carbocycles. The van der Waals surface area contributed by atoms with Crippen molar-refractivity contribution >= 4 is 36.1 Å². The number of anilines is 1. The van der Waals surface area contributed by atoms with Crippen molar-refractivity contribution in [2.45, 2.75) is 52.7 Å². The van der Waals surface area contributed by atoms with E-state index in [2.05, 4.69) is 5.32 Å². The van der Waals surface area contributed by atoms with Gasteiger partial charge in [-0.1, -0.05) is 11.6 Å². The summed E-state index contributed by atoms with van der Waals surface area (Å²) >= 11 is 0. The molecule has 0 saturated heterocycles.